The van der Waals surface area contributed by atoms with Crippen LogP contribution in [0.5, 0.6) is 11.5 Å². The number of hydrogen-bond acceptors (Lipinski definition) is 11. The molecule has 3 aromatic carbocycles. The number of aromatic amines is 1. The molecule has 1 amide bonds. The van der Waals surface area contributed by atoms with Crippen molar-refractivity contribution in [3.8, 4) is 11.5 Å². The smallest absolute Gasteiger partial charge is 0.416 e. The van der Waals surface area contributed by atoms with E-state index in [-0.39, 0.29) is 39.6 Å². The van der Waals surface area contributed by atoms with E-state index in [4.69, 9.17) is 9.47 Å². The number of hydrogen-bond donors (Lipinski definition) is 3. The molecule has 2 aromatic heterocycles. The van der Waals surface area contributed by atoms with Crippen LogP contribution in [0.1, 0.15) is 67.4 Å². The maximum absolute atomic E-state index is 14.2. The van der Waals surface area contributed by atoms with Gasteiger partial charge in [0.1, 0.15) is 17.1 Å². The van der Waals surface area contributed by atoms with E-state index in [9.17, 15) is 36.5 Å². The quantitative estimate of drug-likeness (QED) is 0.0761. The molecule has 0 radical (unpaired) electrons. The van der Waals surface area contributed by atoms with E-state index in [2.05, 4.69) is 38.8 Å². The maximum atomic E-state index is 14.2. The van der Waals surface area contributed by atoms with Gasteiger partial charge in [0.05, 0.1) is 32.8 Å². The summed E-state index contributed by atoms with van der Waals surface area (Å²) in [5.74, 6) is -0.420. The SMILES string of the molecule is CC1(C)CCC(CN2CCN(c3cccc(C(=O)NS(=O)(=O)c4ccc(NCC5CCOCC5)c([N+](=O)[O-])c4)c3Oc3cnc4[nH]ccc4c3)CC2)=C(c2ccccc2C(F)(F)F)C1. The minimum atomic E-state index is -4.64. The zero-order valence-electron chi connectivity index (χ0n) is 35.5. The molecule has 18 heteroatoms. The third-order valence-corrected chi connectivity index (χ3v) is 13.7. The number of amides is 1. The Kier molecular flexibility index (Phi) is 12.7. The molecule has 0 bridgehead atoms. The molecule has 3 N–H and O–H groups in total. The zero-order chi connectivity index (χ0) is 45.2. The molecule has 2 fully saturated rings. The van der Waals surface area contributed by atoms with Crippen LogP contribution in [0.25, 0.3) is 16.6 Å². The molecule has 8 rings (SSSR count). The highest BCUT2D eigenvalue weighted by atomic mass is 32.2. The number of pyridine rings is 1. The number of nitro groups is 1. The molecule has 0 atom stereocenters. The van der Waals surface area contributed by atoms with E-state index in [1.165, 1.54) is 30.5 Å². The molecule has 3 aliphatic rings. The van der Waals surface area contributed by atoms with E-state index >= 15 is 0 Å². The van der Waals surface area contributed by atoms with Crippen LogP contribution in [-0.2, 0) is 20.9 Å². The fourth-order valence-corrected chi connectivity index (χ4v) is 9.76. The van der Waals surface area contributed by atoms with Gasteiger partial charge < -0.3 is 24.7 Å². The van der Waals surface area contributed by atoms with Crippen LogP contribution in [0.15, 0.2) is 95.7 Å². The lowest BCUT2D eigenvalue weighted by atomic mass is 9.72. The van der Waals surface area contributed by atoms with E-state index in [1.54, 1.807) is 42.6 Å². The topological polar surface area (TPSA) is 172 Å². The third-order valence-electron chi connectivity index (χ3n) is 12.3. The second kappa shape index (κ2) is 18.3. The summed E-state index contributed by atoms with van der Waals surface area (Å²) >= 11 is 0. The molecule has 4 heterocycles. The Balaban J connectivity index is 1.05. The van der Waals surface area contributed by atoms with Crippen LogP contribution in [-0.4, -0.2) is 86.6 Å². The number of allylic oxidation sites excluding steroid dienone is 1. The van der Waals surface area contributed by atoms with Gasteiger partial charge in [0.2, 0.25) is 0 Å². The van der Waals surface area contributed by atoms with Gasteiger partial charge in [-0.05, 0) is 97.0 Å². The number of piperazine rings is 1. The average Bonchev–Trinajstić information content (AvgIpc) is 3.74. The summed E-state index contributed by atoms with van der Waals surface area (Å²) in [7, 11) is -4.64. The molecule has 1 aliphatic carbocycles. The fourth-order valence-electron chi connectivity index (χ4n) is 8.78. The fraction of sp³-hybridized carbons (Fsp3) is 0.391. The molecule has 2 aliphatic heterocycles. The standard InChI is InChI=1S/C46H50F3N7O7S/c1-45(2)16-12-32(37(26-45)35-6-3-4-8-38(35)46(47,48)49)29-54-18-20-55(21-19-54)40-9-5-7-36(42(40)63-33-24-31-13-17-50-43(31)52-28-33)44(57)53-64(60,61)34-10-11-39(41(25-34)56(58)59)51-27-30-14-22-62-23-15-30/h3-11,13,17,24-25,28,30,51H,12,14-16,18-23,26-27,29H2,1-2H3,(H,50,52)(H,53,57). The second-order valence-electron chi connectivity index (χ2n) is 17.4. The van der Waals surface area contributed by atoms with Crippen LogP contribution in [0.3, 0.4) is 0 Å². The van der Waals surface area contributed by atoms with Crippen molar-refractivity contribution in [1.29, 1.82) is 0 Å². The van der Waals surface area contributed by atoms with Crippen LogP contribution < -0.4 is 19.7 Å². The minimum Gasteiger partial charge on any atom is -0.453 e. The number of fused-ring (bicyclic) bond motifs is 1. The van der Waals surface area contributed by atoms with Crippen molar-refractivity contribution in [3.05, 3.63) is 118 Å². The molecule has 0 saturated carbocycles. The first-order chi connectivity index (χ1) is 30.5. The number of nitrogens with one attached hydrogen (secondary N) is 3. The number of sulfonamides is 1. The van der Waals surface area contributed by atoms with Crippen LogP contribution in [0.4, 0.5) is 30.2 Å². The molecule has 0 unspecified atom stereocenters. The lowest BCUT2D eigenvalue weighted by molar-refractivity contribution is -0.384. The Labute approximate surface area is 369 Å². The summed E-state index contributed by atoms with van der Waals surface area (Å²) in [4.78, 5) is 36.8. The zero-order valence-corrected chi connectivity index (χ0v) is 36.4. The number of aromatic nitrogens is 2. The van der Waals surface area contributed by atoms with Crippen molar-refractivity contribution in [1.82, 2.24) is 19.6 Å². The Morgan fingerprint density at radius 1 is 1.03 bits per heavy atom. The van der Waals surface area contributed by atoms with Crippen molar-refractivity contribution in [3.63, 3.8) is 0 Å². The number of H-pyrrole nitrogens is 1. The number of carbonyl (C=O) groups is 1. The summed E-state index contributed by atoms with van der Waals surface area (Å²) in [5, 5.41) is 15.9. The van der Waals surface area contributed by atoms with Gasteiger partial charge in [-0.15, -0.1) is 0 Å². The molecular formula is C46H50F3N7O7S. The van der Waals surface area contributed by atoms with Gasteiger partial charge >= 0.3 is 6.18 Å². The lowest BCUT2D eigenvalue weighted by Crippen LogP contribution is -2.47. The Bertz CT molecular complexity index is 2690. The van der Waals surface area contributed by atoms with Crippen LogP contribution >= 0.6 is 0 Å². The predicted octanol–water partition coefficient (Wildman–Crippen LogP) is 9.03. The second-order valence-corrected chi connectivity index (χ2v) is 19.1. The minimum absolute atomic E-state index is 0.0715. The lowest BCUT2D eigenvalue weighted by Gasteiger charge is -2.40. The molecule has 5 aromatic rings. The number of rotatable bonds is 13. The highest BCUT2D eigenvalue weighted by Gasteiger charge is 2.37. The monoisotopic (exact) mass is 901 g/mol. The first kappa shape index (κ1) is 44.6. The van der Waals surface area contributed by atoms with Crippen molar-refractivity contribution >= 4 is 49.6 Å². The normalized spacial score (nSPS) is 17.7. The van der Waals surface area contributed by atoms with Gasteiger partial charge in [0, 0.05) is 70.1 Å². The Morgan fingerprint density at radius 3 is 2.55 bits per heavy atom. The van der Waals surface area contributed by atoms with E-state index in [1.807, 2.05) is 4.90 Å². The van der Waals surface area contributed by atoms with E-state index in [0.29, 0.717) is 76.7 Å². The molecule has 14 nitrogen and oxygen atoms in total. The Hall–Kier alpha value is -5.98. The number of alkyl halides is 3. The van der Waals surface area contributed by atoms with E-state index < -0.39 is 43.2 Å². The number of anilines is 2. The van der Waals surface area contributed by atoms with E-state index in [0.717, 1.165) is 47.9 Å². The number of benzene rings is 3. The van der Waals surface area contributed by atoms with Crippen molar-refractivity contribution in [2.45, 2.75) is 57.0 Å². The van der Waals surface area contributed by atoms with Crippen molar-refractivity contribution < 1.29 is 40.8 Å². The number of para-hydroxylation sites is 1. The molecule has 338 valence electrons. The van der Waals surface area contributed by atoms with Gasteiger partial charge in [-0.2, -0.15) is 13.2 Å². The van der Waals surface area contributed by atoms with Crippen molar-refractivity contribution in [2.24, 2.45) is 11.3 Å². The van der Waals surface area contributed by atoms with Crippen molar-refractivity contribution in [2.75, 3.05) is 62.7 Å². The number of nitrogens with zero attached hydrogens (tertiary/aromatic N) is 4. The highest BCUT2D eigenvalue weighted by molar-refractivity contribution is 7.90. The predicted molar refractivity (Wildman–Crippen MR) is 237 cm³/mol. The van der Waals surface area contributed by atoms with Crippen LogP contribution in [0, 0.1) is 21.4 Å². The van der Waals surface area contributed by atoms with Gasteiger partial charge in [0.25, 0.3) is 21.6 Å². The maximum Gasteiger partial charge on any atom is 0.416 e. The number of carbonyl (C=O) groups excluding carboxylic acids is 1. The molecule has 64 heavy (non-hydrogen) atoms. The summed E-state index contributed by atoms with van der Waals surface area (Å²) in [6.07, 6.45) is 2.36. The van der Waals surface area contributed by atoms with Gasteiger partial charge in [0.15, 0.2) is 5.75 Å². The molecule has 2 saturated heterocycles. The largest absolute Gasteiger partial charge is 0.453 e. The number of nitro benzene ring substituents is 1. The summed E-state index contributed by atoms with van der Waals surface area (Å²) in [6.45, 7) is 8.34. The Morgan fingerprint density at radius 2 is 1.80 bits per heavy atom. The summed E-state index contributed by atoms with van der Waals surface area (Å²) < 4.78 is 84.2. The molecule has 0 spiro atoms. The highest BCUT2D eigenvalue weighted by Crippen LogP contribution is 2.46. The van der Waals surface area contributed by atoms with Gasteiger partial charge in [-0.25, -0.2) is 18.1 Å². The van der Waals surface area contributed by atoms with Crippen LogP contribution in [0.2, 0.25) is 0 Å². The van der Waals surface area contributed by atoms with Gasteiger partial charge in [-0.1, -0.05) is 43.7 Å². The first-order valence-electron chi connectivity index (χ1n) is 21.3. The average molecular weight is 902 g/mol. The number of ether oxygens (including phenoxy) is 2. The first-order valence-corrected chi connectivity index (χ1v) is 22.8. The number of halogens is 3. The van der Waals surface area contributed by atoms with Gasteiger partial charge in [-0.3, -0.25) is 19.8 Å². The summed E-state index contributed by atoms with van der Waals surface area (Å²) in [5.41, 5.74) is 1.90. The third kappa shape index (κ3) is 10.0. The summed E-state index contributed by atoms with van der Waals surface area (Å²) in [6, 6.07) is 17.6. The molecular weight excluding hydrogens is 852 g/mol.